The zero-order chi connectivity index (χ0) is 16.8. The lowest BCUT2D eigenvalue weighted by atomic mass is 9.97. The summed E-state index contributed by atoms with van der Waals surface area (Å²) in [4.78, 5) is 24.1. The summed E-state index contributed by atoms with van der Waals surface area (Å²) in [7, 11) is 0. The highest BCUT2D eigenvalue weighted by Crippen LogP contribution is 2.19. The summed E-state index contributed by atoms with van der Waals surface area (Å²) in [6.45, 7) is 6.09. The zero-order valence-corrected chi connectivity index (χ0v) is 13.8. The number of rotatable bonds is 5. The molecule has 2 rings (SSSR count). The average Bonchev–Trinajstić information content (AvgIpc) is 2.55. The van der Waals surface area contributed by atoms with Gasteiger partial charge in [0.1, 0.15) is 0 Å². The minimum absolute atomic E-state index is 0.375. The molecule has 0 radical (unpaired) electrons. The van der Waals surface area contributed by atoms with Gasteiger partial charge in [0.05, 0.1) is 11.5 Å². The van der Waals surface area contributed by atoms with Crippen LogP contribution in [0.25, 0.3) is 0 Å². The van der Waals surface area contributed by atoms with Crippen molar-refractivity contribution in [2.45, 2.75) is 33.1 Å². The summed E-state index contributed by atoms with van der Waals surface area (Å²) >= 11 is 0. The molecule has 1 atom stereocenters. The third-order valence-corrected chi connectivity index (χ3v) is 3.68. The Morgan fingerprint density at radius 3 is 2.09 bits per heavy atom. The van der Waals surface area contributed by atoms with Crippen LogP contribution < -0.4 is 0 Å². The molecule has 2 aromatic rings. The van der Waals surface area contributed by atoms with Crippen LogP contribution in [0, 0.1) is 5.92 Å². The van der Waals surface area contributed by atoms with Gasteiger partial charge in [-0.3, -0.25) is 4.79 Å². The lowest BCUT2D eigenvalue weighted by Crippen LogP contribution is -2.18. The van der Waals surface area contributed by atoms with Gasteiger partial charge in [-0.15, -0.1) is 0 Å². The molecule has 120 valence electrons. The first-order valence-corrected chi connectivity index (χ1v) is 7.87. The molecule has 3 nitrogen and oxygen atoms in total. The van der Waals surface area contributed by atoms with Crippen LogP contribution in [0.3, 0.4) is 0 Å². The number of benzene rings is 2. The van der Waals surface area contributed by atoms with Gasteiger partial charge in [-0.25, -0.2) is 4.79 Å². The molecule has 0 bridgehead atoms. The lowest BCUT2D eigenvalue weighted by molar-refractivity contribution is -0.139. The van der Waals surface area contributed by atoms with Crippen molar-refractivity contribution in [3.63, 3.8) is 0 Å². The van der Waals surface area contributed by atoms with Crippen molar-refractivity contribution in [1.29, 1.82) is 0 Å². The van der Waals surface area contributed by atoms with Crippen molar-refractivity contribution in [2.75, 3.05) is 0 Å². The van der Waals surface area contributed by atoms with E-state index in [-0.39, 0.29) is 0 Å². The van der Waals surface area contributed by atoms with Gasteiger partial charge in [0.15, 0.2) is 0 Å². The zero-order valence-electron chi connectivity index (χ0n) is 13.8. The van der Waals surface area contributed by atoms with E-state index in [0.717, 1.165) is 12.0 Å². The van der Waals surface area contributed by atoms with Crippen LogP contribution in [0.15, 0.2) is 54.6 Å². The largest absolute Gasteiger partial charge is 0.389 e. The molecule has 0 fully saturated rings. The van der Waals surface area contributed by atoms with Crippen LogP contribution in [-0.4, -0.2) is 11.9 Å². The number of hydrogen-bond donors (Lipinski definition) is 0. The van der Waals surface area contributed by atoms with Crippen LogP contribution in [-0.2, 0) is 16.0 Å². The highest BCUT2D eigenvalue weighted by atomic mass is 16.6. The Morgan fingerprint density at radius 2 is 1.52 bits per heavy atom. The molecule has 23 heavy (non-hydrogen) atoms. The summed E-state index contributed by atoms with van der Waals surface area (Å²) in [6, 6.07) is 16.4. The third kappa shape index (κ3) is 4.78. The van der Waals surface area contributed by atoms with Crippen molar-refractivity contribution in [2.24, 2.45) is 5.92 Å². The maximum Gasteiger partial charge on any atom is 0.345 e. The van der Waals surface area contributed by atoms with Gasteiger partial charge in [-0.1, -0.05) is 56.3 Å². The van der Waals surface area contributed by atoms with Crippen LogP contribution in [0.1, 0.15) is 48.2 Å². The Kier molecular flexibility index (Phi) is 5.69. The molecule has 0 heterocycles. The second-order valence-electron chi connectivity index (χ2n) is 6.14. The number of esters is 2. The molecule has 0 aliphatic rings. The lowest BCUT2D eigenvalue weighted by Gasteiger charge is -2.12. The summed E-state index contributed by atoms with van der Waals surface area (Å²) in [5.41, 5.74) is 2.47. The third-order valence-electron chi connectivity index (χ3n) is 3.68. The standard InChI is InChI=1S/C20H22O3/c1-14(2)13-16-9-11-17(12-10-16)15(3)19(21)23-20(22)18-7-5-4-6-8-18/h4-12,14-15H,13H2,1-3H3/t15-/m0/s1. The maximum absolute atomic E-state index is 12.1. The molecule has 0 amide bonds. The van der Waals surface area contributed by atoms with E-state index >= 15 is 0 Å². The van der Waals surface area contributed by atoms with Gasteiger partial charge < -0.3 is 4.74 Å². The minimum atomic E-state index is -0.612. The second-order valence-corrected chi connectivity index (χ2v) is 6.14. The SMILES string of the molecule is CC(C)Cc1ccc([C@H](C)C(=O)OC(=O)c2ccccc2)cc1. The normalized spacial score (nSPS) is 12.0. The summed E-state index contributed by atoms with van der Waals surface area (Å²) < 4.78 is 4.97. The minimum Gasteiger partial charge on any atom is -0.389 e. The van der Waals surface area contributed by atoms with Gasteiger partial charge in [-0.05, 0) is 42.5 Å². The molecule has 0 spiro atoms. The number of hydrogen-bond acceptors (Lipinski definition) is 3. The molecular weight excluding hydrogens is 288 g/mol. The average molecular weight is 310 g/mol. The molecular formula is C20H22O3. The number of ether oxygens (including phenoxy) is 1. The number of carbonyl (C=O) groups is 2. The molecule has 2 aromatic carbocycles. The van der Waals surface area contributed by atoms with Gasteiger partial charge >= 0.3 is 11.9 Å². The van der Waals surface area contributed by atoms with E-state index in [4.69, 9.17) is 4.74 Å². The second kappa shape index (κ2) is 7.73. The molecule has 0 N–H and O–H groups in total. The molecule has 0 aliphatic carbocycles. The van der Waals surface area contributed by atoms with Crippen molar-refractivity contribution in [3.05, 3.63) is 71.3 Å². The summed E-state index contributed by atoms with van der Waals surface area (Å²) in [5.74, 6) is -1.03. The van der Waals surface area contributed by atoms with Crippen molar-refractivity contribution < 1.29 is 14.3 Å². The summed E-state index contributed by atoms with van der Waals surface area (Å²) in [5, 5.41) is 0. The van der Waals surface area contributed by atoms with Gasteiger partial charge in [0.25, 0.3) is 0 Å². The van der Waals surface area contributed by atoms with Gasteiger partial charge in [0.2, 0.25) is 0 Å². The van der Waals surface area contributed by atoms with E-state index in [1.807, 2.05) is 24.3 Å². The smallest absolute Gasteiger partial charge is 0.345 e. The van der Waals surface area contributed by atoms with Crippen molar-refractivity contribution in [3.8, 4) is 0 Å². The first-order valence-electron chi connectivity index (χ1n) is 7.87. The molecule has 0 saturated heterocycles. The quantitative estimate of drug-likeness (QED) is 0.608. The summed E-state index contributed by atoms with van der Waals surface area (Å²) in [6.07, 6.45) is 1.01. The predicted molar refractivity (Wildman–Crippen MR) is 90.3 cm³/mol. The number of carbonyl (C=O) groups excluding carboxylic acids is 2. The Balaban J connectivity index is 2.00. The van der Waals surface area contributed by atoms with Crippen molar-refractivity contribution in [1.82, 2.24) is 0 Å². The van der Waals surface area contributed by atoms with E-state index in [1.54, 1.807) is 37.3 Å². The van der Waals surface area contributed by atoms with Gasteiger partial charge in [-0.2, -0.15) is 0 Å². The van der Waals surface area contributed by atoms with Gasteiger partial charge in [0, 0.05) is 0 Å². The fourth-order valence-corrected chi connectivity index (χ4v) is 2.36. The highest BCUT2D eigenvalue weighted by molar-refractivity contribution is 5.98. The molecule has 3 heteroatoms. The molecule has 0 saturated carbocycles. The topological polar surface area (TPSA) is 43.4 Å². The first-order chi connectivity index (χ1) is 11.0. The fourth-order valence-electron chi connectivity index (χ4n) is 2.36. The fraction of sp³-hybridized carbons (Fsp3) is 0.300. The predicted octanol–water partition coefficient (Wildman–Crippen LogP) is 4.37. The van der Waals surface area contributed by atoms with E-state index in [0.29, 0.717) is 11.5 Å². The van der Waals surface area contributed by atoms with Crippen LogP contribution in [0.4, 0.5) is 0 Å². The Labute approximate surface area is 137 Å². The molecule has 0 aliphatic heterocycles. The first kappa shape index (κ1) is 16.9. The van der Waals surface area contributed by atoms with E-state index in [2.05, 4.69) is 13.8 Å². The molecule has 0 aromatic heterocycles. The Morgan fingerprint density at radius 1 is 0.913 bits per heavy atom. The van der Waals surface area contributed by atoms with E-state index < -0.39 is 17.9 Å². The molecule has 0 unspecified atom stereocenters. The van der Waals surface area contributed by atoms with Crippen LogP contribution >= 0.6 is 0 Å². The van der Waals surface area contributed by atoms with E-state index in [1.165, 1.54) is 5.56 Å². The van der Waals surface area contributed by atoms with Crippen molar-refractivity contribution >= 4 is 11.9 Å². The highest BCUT2D eigenvalue weighted by Gasteiger charge is 2.20. The Bertz CT molecular complexity index is 657. The maximum atomic E-state index is 12.1. The Hall–Kier alpha value is -2.42. The van der Waals surface area contributed by atoms with Crippen LogP contribution in [0.2, 0.25) is 0 Å². The van der Waals surface area contributed by atoms with E-state index in [9.17, 15) is 9.59 Å². The van der Waals surface area contributed by atoms with Crippen LogP contribution in [0.5, 0.6) is 0 Å². The monoisotopic (exact) mass is 310 g/mol.